The summed E-state index contributed by atoms with van der Waals surface area (Å²) in [5.74, 6) is 0. The van der Waals surface area contributed by atoms with Crippen molar-refractivity contribution in [2.75, 3.05) is 0 Å². The number of para-hydroxylation sites is 3. The van der Waals surface area contributed by atoms with Gasteiger partial charge < -0.3 is 8.98 Å². The van der Waals surface area contributed by atoms with Crippen LogP contribution in [0.4, 0.5) is 0 Å². The summed E-state index contributed by atoms with van der Waals surface area (Å²) >= 11 is 8.55. The average molecular weight is 590 g/mol. The maximum atomic E-state index is 6.86. The van der Waals surface area contributed by atoms with Crippen LogP contribution in [0.3, 0.4) is 0 Å². The van der Waals surface area contributed by atoms with Crippen LogP contribution in [0.5, 0.6) is 0 Å². The van der Waals surface area contributed by atoms with E-state index in [2.05, 4.69) is 124 Å². The van der Waals surface area contributed by atoms with Crippen molar-refractivity contribution < 1.29 is 4.42 Å². The molecule has 4 nitrogen and oxygen atoms in total. The van der Waals surface area contributed by atoms with Gasteiger partial charge >= 0.3 is 6.01 Å². The van der Waals surface area contributed by atoms with E-state index in [4.69, 9.17) is 21.0 Å². The third kappa shape index (κ3) is 3.07. The van der Waals surface area contributed by atoms with Crippen molar-refractivity contribution in [3.8, 4) is 11.7 Å². The van der Waals surface area contributed by atoms with Gasteiger partial charge in [-0.3, -0.25) is 4.57 Å². The molecule has 43 heavy (non-hydrogen) atoms. The Balaban J connectivity index is 1.42. The lowest BCUT2D eigenvalue weighted by Crippen LogP contribution is -1.98. The average Bonchev–Trinajstić information content (AvgIpc) is 3.80. The minimum Gasteiger partial charge on any atom is -0.422 e. The first-order valence-corrected chi connectivity index (χ1v) is 15.4. The van der Waals surface area contributed by atoms with Gasteiger partial charge in [-0.1, -0.05) is 96.5 Å². The molecule has 0 saturated heterocycles. The van der Waals surface area contributed by atoms with Crippen molar-refractivity contribution in [2.45, 2.75) is 0 Å². The van der Waals surface area contributed by atoms with Crippen LogP contribution in [-0.4, -0.2) is 14.1 Å². The Morgan fingerprint density at radius 3 is 1.95 bits per heavy atom. The summed E-state index contributed by atoms with van der Waals surface area (Å²) in [5, 5.41) is 7.53. The molecule has 0 N–H and O–H groups in total. The molecule has 10 rings (SSSR count). The highest BCUT2D eigenvalue weighted by Gasteiger charge is 2.24. The van der Waals surface area contributed by atoms with Gasteiger partial charge in [-0.2, -0.15) is 4.98 Å². The summed E-state index contributed by atoms with van der Waals surface area (Å²) in [5.41, 5.74) is 6.98. The lowest BCUT2D eigenvalue weighted by atomic mass is 10.1. The van der Waals surface area contributed by atoms with E-state index in [1.54, 1.807) is 11.3 Å². The maximum absolute atomic E-state index is 6.86. The van der Waals surface area contributed by atoms with E-state index < -0.39 is 0 Å². The molecule has 4 aromatic heterocycles. The maximum Gasteiger partial charge on any atom is 0.307 e. The molecule has 0 aliphatic carbocycles. The van der Waals surface area contributed by atoms with E-state index in [0.717, 1.165) is 65.1 Å². The molecular weight excluding hydrogens is 570 g/mol. The minimum absolute atomic E-state index is 0.525. The Labute approximate surface area is 253 Å². The lowest BCUT2D eigenvalue weighted by Gasteiger charge is -2.10. The van der Waals surface area contributed by atoms with Crippen LogP contribution in [0.25, 0.3) is 86.6 Å². The van der Waals surface area contributed by atoms with E-state index in [0.29, 0.717) is 11.0 Å². The predicted octanol–water partition coefficient (Wildman–Crippen LogP) is 11.0. The first-order chi connectivity index (χ1) is 21.3. The standard InChI is InChI=1S/C37H20ClN3OS/c38-27-20-28-35(32-26-14-6-9-17-31(26)43-36(27)32)42-37(39-28)41-30-16-8-5-13-23(30)25-19-18-24-22-12-4-7-15-29(22)40(33(24)34(25)41)21-10-2-1-3-11-21/h1-20H. The second kappa shape index (κ2) is 8.48. The van der Waals surface area contributed by atoms with Gasteiger partial charge in [-0.25, -0.2) is 0 Å². The Morgan fingerprint density at radius 1 is 0.605 bits per heavy atom. The Hall–Kier alpha value is -5.10. The lowest BCUT2D eigenvalue weighted by molar-refractivity contribution is 0.577. The second-order valence-corrected chi connectivity index (χ2v) is 12.4. The van der Waals surface area contributed by atoms with Gasteiger partial charge in [0.15, 0.2) is 5.58 Å². The first kappa shape index (κ1) is 23.5. The molecule has 6 heteroatoms. The van der Waals surface area contributed by atoms with E-state index in [-0.39, 0.29) is 0 Å². The van der Waals surface area contributed by atoms with Gasteiger partial charge in [0.25, 0.3) is 0 Å². The van der Waals surface area contributed by atoms with E-state index in [1.807, 2.05) is 6.07 Å². The highest BCUT2D eigenvalue weighted by Crippen LogP contribution is 2.45. The van der Waals surface area contributed by atoms with Crippen molar-refractivity contribution in [2.24, 2.45) is 0 Å². The number of nitrogens with zero attached hydrogens (tertiary/aromatic N) is 3. The van der Waals surface area contributed by atoms with Crippen LogP contribution in [0, 0.1) is 0 Å². The Morgan fingerprint density at radius 2 is 1.21 bits per heavy atom. The van der Waals surface area contributed by atoms with Crippen LogP contribution in [-0.2, 0) is 0 Å². The zero-order chi connectivity index (χ0) is 28.2. The van der Waals surface area contributed by atoms with E-state index in [1.165, 1.54) is 15.5 Å². The fraction of sp³-hybridized carbons (Fsp3) is 0. The zero-order valence-corrected chi connectivity index (χ0v) is 24.2. The van der Waals surface area contributed by atoms with Gasteiger partial charge in [0.05, 0.1) is 31.8 Å². The van der Waals surface area contributed by atoms with Gasteiger partial charge in [0.2, 0.25) is 0 Å². The monoisotopic (exact) mass is 589 g/mol. The van der Waals surface area contributed by atoms with Crippen molar-refractivity contribution in [3.05, 3.63) is 126 Å². The Bertz CT molecular complexity index is 2750. The molecule has 0 amide bonds. The summed E-state index contributed by atoms with van der Waals surface area (Å²) in [6.45, 7) is 0. The zero-order valence-electron chi connectivity index (χ0n) is 22.6. The SMILES string of the molecule is Clc1cc2nc(-n3c4ccccc4c4ccc5c6ccccc6n(-c6ccccc6)c5c43)oc2c2c1sc1ccccc12. The molecule has 0 saturated carbocycles. The molecule has 0 aliphatic heterocycles. The van der Waals surface area contributed by atoms with Gasteiger partial charge in [-0.05, 0) is 36.4 Å². The molecule has 202 valence electrons. The normalized spacial score (nSPS) is 12.3. The number of aromatic nitrogens is 3. The minimum atomic E-state index is 0.525. The number of rotatable bonds is 2. The molecule has 0 radical (unpaired) electrons. The molecular formula is C37H20ClN3OS. The van der Waals surface area contributed by atoms with Crippen LogP contribution in [0.2, 0.25) is 5.02 Å². The third-order valence-electron chi connectivity index (χ3n) is 8.62. The summed E-state index contributed by atoms with van der Waals surface area (Å²) in [6.07, 6.45) is 0. The number of oxazole rings is 1. The number of halogens is 1. The van der Waals surface area contributed by atoms with Crippen LogP contribution in [0.15, 0.2) is 126 Å². The summed E-state index contributed by atoms with van der Waals surface area (Å²) in [7, 11) is 0. The van der Waals surface area contributed by atoms with Gasteiger partial charge in [0, 0.05) is 42.7 Å². The van der Waals surface area contributed by atoms with Crippen molar-refractivity contribution in [1.82, 2.24) is 14.1 Å². The highest BCUT2D eigenvalue weighted by molar-refractivity contribution is 7.26. The van der Waals surface area contributed by atoms with Crippen molar-refractivity contribution in [3.63, 3.8) is 0 Å². The molecule has 0 aliphatic rings. The Kier molecular flexibility index (Phi) is 4.63. The topological polar surface area (TPSA) is 35.9 Å². The highest BCUT2D eigenvalue weighted by atomic mass is 35.5. The number of thiophene rings is 1. The smallest absolute Gasteiger partial charge is 0.307 e. The quantitative estimate of drug-likeness (QED) is 0.201. The fourth-order valence-electron chi connectivity index (χ4n) is 6.86. The third-order valence-corrected chi connectivity index (χ3v) is 10.2. The van der Waals surface area contributed by atoms with Crippen molar-refractivity contribution >= 4 is 97.8 Å². The summed E-state index contributed by atoms with van der Waals surface area (Å²) in [6, 6.07) is 43.0. The van der Waals surface area contributed by atoms with Crippen molar-refractivity contribution in [1.29, 1.82) is 0 Å². The number of fused-ring (bicyclic) bond motifs is 12. The molecule has 10 aromatic rings. The number of hydrogen-bond acceptors (Lipinski definition) is 3. The largest absolute Gasteiger partial charge is 0.422 e. The fourth-order valence-corrected chi connectivity index (χ4v) is 8.28. The first-order valence-electron chi connectivity index (χ1n) is 14.2. The summed E-state index contributed by atoms with van der Waals surface area (Å²) < 4.78 is 13.6. The summed E-state index contributed by atoms with van der Waals surface area (Å²) in [4.78, 5) is 5.12. The van der Waals surface area contributed by atoms with Gasteiger partial charge in [-0.15, -0.1) is 11.3 Å². The molecule has 0 spiro atoms. The molecule has 6 aromatic carbocycles. The van der Waals surface area contributed by atoms with Gasteiger partial charge in [0.1, 0.15) is 5.52 Å². The predicted molar refractivity (Wildman–Crippen MR) is 181 cm³/mol. The molecule has 4 heterocycles. The molecule has 0 fully saturated rings. The molecule has 0 unspecified atom stereocenters. The van der Waals surface area contributed by atoms with Crippen LogP contribution < -0.4 is 0 Å². The number of benzene rings is 6. The van der Waals surface area contributed by atoms with E-state index >= 15 is 0 Å². The van der Waals surface area contributed by atoms with E-state index in [9.17, 15) is 0 Å². The number of hydrogen-bond donors (Lipinski definition) is 0. The second-order valence-electron chi connectivity index (χ2n) is 10.9. The van der Waals surface area contributed by atoms with Crippen LogP contribution >= 0.6 is 22.9 Å². The molecule has 0 bridgehead atoms. The van der Waals surface area contributed by atoms with Crippen LogP contribution in [0.1, 0.15) is 0 Å². The molecule has 0 atom stereocenters.